The van der Waals surface area contributed by atoms with E-state index in [1.165, 1.54) is 0 Å². The monoisotopic (exact) mass is 515 g/mol. The number of aromatic nitrogens is 8. The van der Waals surface area contributed by atoms with E-state index in [1.807, 2.05) is 47.6 Å². The SMILES string of the molecule is CCc1nc2ccccc2n1-c1nc(N2CCOCC2)c2nc(-c3c(C)cnn3CC(C)(C)O)n(C)c2n1. The van der Waals surface area contributed by atoms with Gasteiger partial charge in [-0.05, 0) is 38.5 Å². The Hall–Kier alpha value is -3.83. The van der Waals surface area contributed by atoms with Gasteiger partial charge in [-0.25, -0.2) is 9.97 Å². The van der Waals surface area contributed by atoms with Crippen molar-refractivity contribution in [2.75, 3.05) is 31.2 Å². The molecule has 5 aromatic rings. The van der Waals surface area contributed by atoms with E-state index in [0.29, 0.717) is 25.7 Å². The lowest BCUT2D eigenvalue weighted by Crippen LogP contribution is -2.37. The molecule has 1 aliphatic heterocycles. The zero-order valence-electron chi connectivity index (χ0n) is 22.5. The van der Waals surface area contributed by atoms with Crippen LogP contribution in [0.1, 0.15) is 32.2 Å². The van der Waals surface area contributed by atoms with Crippen LogP contribution in [0.5, 0.6) is 0 Å². The van der Waals surface area contributed by atoms with Crippen LogP contribution in [0.3, 0.4) is 0 Å². The second-order valence-electron chi connectivity index (χ2n) is 10.5. The Labute approximate surface area is 220 Å². The molecule has 6 rings (SSSR count). The third-order valence-corrected chi connectivity index (χ3v) is 6.92. The van der Waals surface area contributed by atoms with Crippen LogP contribution in [0.15, 0.2) is 30.5 Å². The van der Waals surface area contributed by atoms with E-state index < -0.39 is 5.60 Å². The predicted molar refractivity (Wildman–Crippen MR) is 146 cm³/mol. The van der Waals surface area contributed by atoms with Crippen molar-refractivity contribution in [2.45, 2.75) is 46.3 Å². The molecule has 1 aliphatic rings. The number of hydrogen-bond acceptors (Lipinski definition) is 8. The Kier molecular flexibility index (Phi) is 5.92. The lowest BCUT2D eigenvalue weighted by Gasteiger charge is -2.28. The van der Waals surface area contributed by atoms with E-state index >= 15 is 0 Å². The molecule has 0 radical (unpaired) electrons. The van der Waals surface area contributed by atoms with Crippen LogP contribution in [0, 0.1) is 6.92 Å². The lowest BCUT2D eigenvalue weighted by atomic mass is 10.1. The van der Waals surface area contributed by atoms with E-state index in [0.717, 1.165) is 70.4 Å². The van der Waals surface area contributed by atoms with Gasteiger partial charge in [-0.1, -0.05) is 19.1 Å². The number of imidazole rings is 2. The number of benzene rings is 1. The number of aliphatic hydroxyl groups is 1. The summed E-state index contributed by atoms with van der Waals surface area (Å²) in [5, 5.41) is 15.1. The molecule has 0 unspecified atom stereocenters. The first-order valence-corrected chi connectivity index (χ1v) is 13.0. The van der Waals surface area contributed by atoms with E-state index in [4.69, 9.17) is 24.7 Å². The quantitative estimate of drug-likeness (QED) is 0.367. The maximum Gasteiger partial charge on any atom is 0.239 e. The fourth-order valence-electron chi connectivity index (χ4n) is 5.14. The summed E-state index contributed by atoms with van der Waals surface area (Å²) in [5.74, 6) is 2.98. The van der Waals surface area contributed by atoms with Gasteiger partial charge in [-0.3, -0.25) is 9.25 Å². The van der Waals surface area contributed by atoms with Crippen LogP contribution < -0.4 is 4.90 Å². The number of hydrogen-bond donors (Lipinski definition) is 1. The van der Waals surface area contributed by atoms with Crippen molar-refractivity contribution in [3.05, 3.63) is 41.9 Å². The van der Waals surface area contributed by atoms with Crippen LogP contribution >= 0.6 is 0 Å². The normalized spacial score (nSPS) is 14.7. The van der Waals surface area contributed by atoms with Gasteiger partial charge in [0.15, 0.2) is 22.8 Å². The Bertz CT molecular complexity index is 1630. The maximum absolute atomic E-state index is 10.5. The number of morpholine rings is 1. The van der Waals surface area contributed by atoms with Gasteiger partial charge in [-0.15, -0.1) is 0 Å². The molecule has 1 N–H and O–H groups in total. The minimum Gasteiger partial charge on any atom is -0.389 e. The standard InChI is InChI=1S/C27H33N9O2/c1-6-20-29-18-9-7-8-10-19(18)36(20)26-31-23-21(24(32-26)34-11-13-38-14-12-34)30-25(33(23)5)22-17(2)15-28-35(22)16-27(3,4)37/h7-10,15,37H,6,11-14,16H2,1-5H3. The Balaban J connectivity index is 1.61. The van der Waals surface area contributed by atoms with Gasteiger partial charge in [0.1, 0.15) is 11.5 Å². The lowest BCUT2D eigenvalue weighted by molar-refractivity contribution is 0.0582. The molecule has 38 heavy (non-hydrogen) atoms. The minimum atomic E-state index is -0.928. The van der Waals surface area contributed by atoms with Crippen molar-refractivity contribution >= 4 is 28.0 Å². The van der Waals surface area contributed by atoms with Gasteiger partial charge in [0.25, 0.3) is 0 Å². The summed E-state index contributed by atoms with van der Waals surface area (Å²) in [4.78, 5) is 22.3. The van der Waals surface area contributed by atoms with Crippen molar-refractivity contribution in [2.24, 2.45) is 7.05 Å². The number of aryl methyl sites for hydroxylation is 3. The second-order valence-corrected chi connectivity index (χ2v) is 10.5. The third kappa shape index (κ3) is 4.11. The topological polar surface area (TPSA) is 112 Å². The van der Waals surface area contributed by atoms with Gasteiger partial charge in [0.05, 0.1) is 42.6 Å². The molecule has 0 spiro atoms. The fraction of sp³-hybridized carbons (Fsp3) is 0.444. The number of rotatable bonds is 6. The summed E-state index contributed by atoms with van der Waals surface area (Å²) in [6.07, 6.45) is 2.56. The van der Waals surface area contributed by atoms with Crippen molar-refractivity contribution < 1.29 is 9.84 Å². The van der Waals surface area contributed by atoms with E-state index in [9.17, 15) is 5.11 Å². The van der Waals surface area contributed by atoms with Crippen molar-refractivity contribution in [3.8, 4) is 17.5 Å². The summed E-state index contributed by atoms with van der Waals surface area (Å²) >= 11 is 0. The average Bonchev–Trinajstić information content (AvgIpc) is 3.55. The molecule has 1 fully saturated rings. The molecule has 5 heterocycles. The summed E-state index contributed by atoms with van der Waals surface area (Å²) in [7, 11) is 1.97. The Morgan fingerprint density at radius 3 is 2.55 bits per heavy atom. The molecule has 0 aliphatic carbocycles. The highest BCUT2D eigenvalue weighted by atomic mass is 16.5. The first-order chi connectivity index (χ1) is 18.2. The number of nitrogens with zero attached hydrogens (tertiary/aromatic N) is 9. The molecule has 11 nitrogen and oxygen atoms in total. The number of para-hydroxylation sites is 2. The minimum absolute atomic E-state index is 0.341. The third-order valence-electron chi connectivity index (χ3n) is 6.92. The van der Waals surface area contributed by atoms with Crippen LogP contribution in [-0.4, -0.2) is 75.9 Å². The molecule has 0 atom stereocenters. The summed E-state index contributed by atoms with van der Waals surface area (Å²) < 4.78 is 11.5. The van der Waals surface area contributed by atoms with Crippen molar-refractivity contribution in [1.29, 1.82) is 0 Å². The Morgan fingerprint density at radius 1 is 1.05 bits per heavy atom. The molecule has 0 amide bonds. The largest absolute Gasteiger partial charge is 0.389 e. The van der Waals surface area contributed by atoms with E-state index in [1.54, 1.807) is 13.8 Å². The molecule has 1 saturated heterocycles. The molecule has 0 saturated carbocycles. The molecule has 4 aromatic heterocycles. The van der Waals surface area contributed by atoms with Crippen LogP contribution in [-0.2, 0) is 24.8 Å². The molecule has 198 valence electrons. The van der Waals surface area contributed by atoms with Crippen LogP contribution in [0.25, 0.3) is 39.7 Å². The zero-order chi connectivity index (χ0) is 26.6. The predicted octanol–water partition coefficient (Wildman–Crippen LogP) is 3.04. The zero-order valence-corrected chi connectivity index (χ0v) is 22.5. The summed E-state index contributed by atoms with van der Waals surface area (Å²) in [6, 6.07) is 8.07. The van der Waals surface area contributed by atoms with Gasteiger partial charge in [-0.2, -0.15) is 15.1 Å². The molecule has 0 bridgehead atoms. The fourth-order valence-corrected chi connectivity index (χ4v) is 5.14. The van der Waals surface area contributed by atoms with Gasteiger partial charge >= 0.3 is 0 Å². The molecular weight excluding hydrogens is 482 g/mol. The molecule has 1 aromatic carbocycles. The van der Waals surface area contributed by atoms with Crippen molar-refractivity contribution in [3.63, 3.8) is 0 Å². The summed E-state index contributed by atoms with van der Waals surface area (Å²) in [5.41, 5.74) is 4.23. The van der Waals surface area contributed by atoms with Gasteiger partial charge in [0.2, 0.25) is 5.95 Å². The average molecular weight is 516 g/mol. The number of fused-ring (bicyclic) bond motifs is 2. The second kappa shape index (κ2) is 9.17. The van der Waals surface area contributed by atoms with E-state index in [-0.39, 0.29) is 0 Å². The summed E-state index contributed by atoms with van der Waals surface area (Å²) in [6.45, 7) is 10.7. The maximum atomic E-state index is 10.5. The number of anilines is 1. The van der Waals surface area contributed by atoms with E-state index in [2.05, 4.69) is 27.6 Å². The Morgan fingerprint density at radius 2 is 1.82 bits per heavy atom. The molecule has 11 heteroatoms. The van der Waals surface area contributed by atoms with Crippen LogP contribution in [0.2, 0.25) is 0 Å². The first kappa shape index (κ1) is 24.5. The number of ether oxygens (including phenoxy) is 1. The van der Waals surface area contributed by atoms with Crippen LogP contribution in [0.4, 0.5) is 5.82 Å². The first-order valence-electron chi connectivity index (χ1n) is 13.0. The van der Waals surface area contributed by atoms with Crippen molar-refractivity contribution in [1.82, 2.24) is 38.9 Å². The highest BCUT2D eigenvalue weighted by Gasteiger charge is 2.27. The highest BCUT2D eigenvalue weighted by Crippen LogP contribution is 2.32. The smallest absolute Gasteiger partial charge is 0.239 e. The highest BCUT2D eigenvalue weighted by molar-refractivity contribution is 5.88. The van der Waals surface area contributed by atoms with Gasteiger partial charge in [0, 0.05) is 26.6 Å². The van der Waals surface area contributed by atoms with Gasteiger partial charge < -0.3 is 19.3 Å². The molecular formula is C27H33N9O2.